The van der Waals surface area contributed by atoms with Crippen molar-refractivity contribution >= 4 is 22.4 Å². The van der Waals surface area contributed by atoms with Crippen LogP contribution in [0.1, 0.15) is 44.1 Å². The Bertz CT molecular complexity index is 905. The first-order valence-corrected chi connectivity index (χ1v) is 9.61. The van der Waals surface area contributed by atoms with Gasteiger partial charge in [0.25, 0.3) is 0 Å². The molecular formula is C19H22N4OS. The highest BCUT2D eigenvalue weighted by molar-refractivity contribution is 8.14. The molecule has 3 heterocycles. The lowest BCUT2D eigenvalue weighted by Gasteiger charge is -2.27. The molecule has 0 radical (unpaired) electrons. The number of hydrogen-bond donors (Lipinski definition) is 0. The van der Waals surface area contributed by atoms with Crippen molar-refractivity contribution in [2.75, 3.05) is 0 Å². The van der Waals surface area contributed by atoms with Crippen molar-refractivity contribution in [3.63, 3.8) is 0 Å². The van der Waals surface area contributed by atoms with Gasteiger partial charge in [-0.2, -0.15) is 10.2 Å². The monoisotopic (exact) mass is 354 g/mol. The number of pyridine rings is 1. The second-order valence-corrected chi connectivity index (χ2v) is 8.31. The van der Waals surface area contributed by atoms with Crippen LogP contribution < -0.4 is 0 Å². The fourth-order valence-corrected chi connectivity index (χ4v) is 4.76. The Labute approximate surface area is 151 Å². The molecule has 0 bridgehead atoms. The van der Waals surface area contributed by atoms with Crippen LogP contribution in [0.5, 0.6) is 0 Å². The van der Waals surface area contributed by atoms with Gasteiger partial charge in [0.2, 0.25) is 0 Å². The maximum absolute atomic E-state index is 11.3. The molecule has 1 fully saturated rings. The maximum Gasteiger partial charge on any atom is 0.186 e. The van der Waals surface area contributed by atoms with E-state index < -0.39 is 0 Å². The summed E-state index contributed by atoms with van der Waals surface area (Å²) in [4.78, 5) is 11.3. The van der Waals surface area contributed by atoms with Crippen LogP contribution in [0.4, 0.5) is 0 Å². The molecule has 1 saturated carbocycles. The topological polar surface area (TPSA) is 52.2 Å². The Balaban J connectivity index is 1.55. The minimum atomic E-state index is 0.238. The molecule has 0 saturated heterocycles. The third-order valence-corrected chi connectivity index (χ3v) is 6.17. The van der Waals surface area contributed by atoms with E-state index in [2.05, 4.69) is 28.5 Å². The number of carbonyl (C=O) groups excluding carboxylic acids is 1. The Morgan fingerprint density at radius 3 is 2.56 bits per heavy atom. The van der Waals surface area contributed by atoms with E-state index in [-0.39, 0.29) is 5.12 Å². The molecular weight excluding hydrogens is 332 g/mol. The lowest BCUT2D eigenvalue weighted by Crippen LogP contribution is -2.16. The molecule has 1 aliphatic rings. The number of aromatic nitrogens is 4. The molecule has 3 aromatic heterocycles. The van der Waals surface area contributed by atoms with Gasteiger partial charge in [-0.25, -0.2) is 4.52 Å². The molecule has 4 rings (SSSR count). The lowest BCUT2D eigenvalue weighted by molar-refractivity contribution is -0.109. The molecule has 25 heavy (non-hydrogen) atoms. The molecule has 0 aromatic carbocycles. The zero-order valence-electron chi connectivity index (χ0n) is 14.6. The molecule has 6 heteroatoms. The van der Waals surface area contributed by atoms with Crippen LogP contribution in [0.25, 0.3) is 16.6 Å². The maximum atomic E-state index is 11.3. The molecule has 3 aromatic rings. The van der Waals surface area contributed by atoms with E-state index in [4.69, 9.17) is 0 Å². The number of fused-ring (bicyclic) bond motifs is 1. The van der Waals surface area contributed by atoms with Crippen molar-refractivity contribution in [3.05, 3.63) is 42.5 Å². The van der Waals surface area contributed by atoms with Crippen molar-refractivity contribution in [2.24, 2.45) is 7.05 Å². The van der Waals surface area contributed by atoms with Gasteiger partial charge in [0.1, 0.15) is 0 Å². The van der Waals surface area contributed by atoms with Gasteiger partial charge in [-0.15, -0.1) is 0 Å². The number of nitrogens with zero attached hydrogens (tertiary/aromatic N) is 4. The van der Waals surface area contributed by atoms with Crippen molar-refractivity contribution < 1.29 is 4.79 Å². The second kappa shape index (κ2) is 6.67. The van der Waals surface area contributed by atoms with Crippen LogP contribution in [-0.2, 0) is 11.8 Å². The first kappa shape index (κ1) is 16.4. The van der Waals surface area contributed by atoms with Gasteiger partial charge in [-0.3, -0.25) is 9.48 Å². The first-order chi connectivity index (χ1) is 12.1. The van der Waals surface area contributed by atoms with E-state index >= 15 is 0 Å². The van der Waals surface area contributed by atoms with E-state index in [0.717, 1.165) is 36.8 Å². The summed E-state index contributed by atoms with van der Waals surface area (Å²) in [5, 5.41) is 9.56. The third kappa shape index (κ3) is 3.35. The molecule has 0 unspecified atom stereocenters. The Hall–Kier alpha value is -2.08. The van der Waals surface area contributed by atoms with E-state index in [9.17, 15) is 4.79 Å². The molecule has 0 spiro atoms. The standard InChI is InChI=1S/C19H22N4OS/c1-13(24)25-17-6-3-14(4-7-17)18-10-21-23-12-15(5-8-19(18)23)16-9-20-22(2)11-16/h5,8-12,14,17H,3-4,6-7H2,1-2H3. The highest BCUT2D eigenvalue weighted by atomic mass is 32.2. The summed E-state index contributed by atoms with van der Waals surface area (Å²) in [6.45, 7) is 1.67. The van der Waals surface area contributed by atoms with Crippen LogP contribution in [-0.4, -0.2) is 29.8 Å². The molecule has 0 atom stereocenters. The van der Waals surface area contributed by atoms with E-state index in [0.29, 0.717) is 11.2 Å². The van der Waals surface area contributed by atoms with Gasteiger partial charge in [0, 0.05) is 48.3 Å². The van der Waals surface area contributed by atoms with Crippen molar-refractivity contribution in [1.82, 2.24) is 19.4 Å². The summed E-state index contributed by atoms with van der Waals surface area (Å²) in [5.41, 5.74) is 4.75. The Kier molecular flexibility index (Phi) is 4.37. The lowest BCUT2D eigenvalue weighted by atomic mass is 9.84. The zero-order chi connectivity index (χ0) is 17.4. The normalized spacial score (nSPS) is 20.9. The number of aryl methyl sites for hydroxylation is 1. The summed E-state index contributed by atoms with van der Waals surface area (Å²) in [6.07, 6.45) is 12.5. The third-order valence-electron chi connectivity index (χ3n) is 5.03. The van der Waals surface area contributed by atoms with Crippen LogP contribution in [0.2, 0.25) is 0 Å². The van der Waals surface area contributed by atoms with Crippen LogP contribution in [0.15, 0.2) is 36.9 Å². The van der Waals surface area contributed by atoms with Crippen molar-refractivity contribution in [2.45, 2.75) is 43.8 Å². The summed E-state index contributed by atoms with van der Waals surface area (Å²) in [7, 11) is 1.93. The Morgan fingerprint density at radius 1 is 1.08 bits per heavy atom. The minimum absolute atomic E-state index is 0.238. The molecule has 1 aliphatic carbocycles. The average molecular weight is 354 g/mol. The van der Waals surface area contributed by atoms with E-state index in [1.807, 2.05) is 34.8 Å². The van der Waals surface area contributed by atoms with E-state index in [1.54, 1.807) is 6.92 Å². The molecule has 5 nitrogen and oxygen atoms in total. The predicted octanol–water partition coefficient (Wildman–Crippen LogP) is 4.04. The highest BCUT2D eigenvalue weighted by Crippen LogP contribution is 2.39. The smallest absolute Gasteiger partial charge is 0.186 e. The van der Waals surface area contributed by atoms with Crippen LogP contribution in [0, 0.1) is 0 Å². The molecule has 130 valence electrons. The predicted molar refractivity (Wildman–Crippen MR) is 101 cm³/mol. The van der Waals surface area contributed by atoms with Gasteiger partial charge >= 0.3 is 0 Å². The fraction of sp³-hybridized carbons (Fsp3) is 0.421. The molecule has 0 amide bonds. The average Bonchev–Trinajstić information content (AvgIpc) is 3.21. The minimum Gasteiger partial charge on any atom is -0.288 e. The first-order valence-electron chi connectivity index (χ1n) is 8.73. The largest absolute Gasteiger partial charge is 0.288 e. The SMILES string of the molecule is CC(=O)SC1CCC(c2cnn3cc(-c4cnn(C)c4)ccc23)CC1. The molecule has 0 aliphatic heterocycles. The summed E-state index contributed by atoms with van der Waals surface area (Å²) < 4.78 is 3.79. The van der Waals surface area contributed by atoms with Crippen molar-refractivity contribution in [1.29, 1.82) is 0 Å². The number of rotatable bonds is 3. The van der Waals surface area contributed by atoms with Crippen LogP contribution >= 0.6 is 11.8 Å². The quantitative estimate of drug-likeness (QED) is 0.712. The van der Waals surface area contributed by atoms with Gasteiger partial charge in [-0.1, -0.05) is 17.8 Å². The van der Waals surface area contributed by atoms with Crippen LogP contribution in [0.3, 0.4) is 0 Å². The van der Waals surface area contributed by atoms with Gasteiger partial charge < -0.3 is 0 Å². The summed E-state index contributed by atoms with van der Waals surface area (Å²) >= 11 is 1.51. The number of thioether (sulfide) groups is 1. The van der Waals surface area contributed by atoms with Gasteiger partial charge in [0.05, 0.1) is 17.9 Å². The molecule has 0 N–H and O–H groups in total. The Morgan fingerprint density at radius 2 is 1.88 bits per heavy atom. The van der Waals surface area contributed by atoms with Gasteiger partial charge in [0.15, 0.2) is 5.12 Å². The summed E-state index contributed by atoms with van der Waals surface area (Å²) in [6, 6.07) is 4.32. The zero-order valence-corrected chi connectivity index (χ0v) is 15.4. The number of carbonyl (C=O) groups is 1. The van der Waals surface area contributed by atoms with E-state index in [1.165, 1.54) is 22.8 Å². The van der Waals surface area contributed by atoms with Crippen molar-refractivity contribution in [3.8, 4) is 11.1 Å². The number of hydrogen-bond acceptors (Lipinski definition) is 4. The second-order valence-electron chi connectivity index (χ2n) is 6.83. The fourth-order valence-electron chi connectivity index (χ4n) is 3.79. The highest BCUT2D eigenvalue weighted by Gasteiger charge is 2.25. The summed E-state index contributed by atoms with van der Waals surface area (Å²) in [5.74, 6) is 0.547. The van der Waals surface area contributed by atoms with Gasteiger partial charge in [-0.05, 0) is 37.7 Å².